The first-order chi connectivity index (χ1) is 13.6. The number of aromatic nitrogens is 2. The van der Waals surface area contributed by atoms with E-state index in [9.17, 15) is 4.79 Å². The summed E-state index contributed by atoms with van der Waals surface area (Å²) in [5.74, 6) is 1.90. The summed E-state index contributed by atoms with van der Waals surface area (Å²) in [6, 6.07) is 11.0. The van der Waals surface area contributed by atoms with Gasteiger partial charge in [-0.05, 0) is 37.1 Å². The molecule has 1 aromatic carbocycles. The topological polar surface area (TPSA) is 81.6 Å². The molecule has 0 unspecified atom stereocenters. The lowest BCUT2D eigenvalue weighted by atomic mass is 10.1. The molecule has 0 N–H and O–H groups in total. The lowest BCUT2D eigenvalue weighted by Gasteiger charge is -2.21. The third-order valence-electron chi connectivity index (χ3n) is 5.08. The van der Waals surface area contributed by atoms with Gasteiger partial charge in [-0.3, -0.25) is 4.79 Å². The van der Waals surface area contributed by atoms with Crippen LogP contribution >= 0.6 is 0 Å². The van der Waals surface area contributed by atoms with Crippen molar-refractivity contribution in [3.8, 4) is 17.0 Å². The Kier molecular flexibility index (Phi) is 4.90. The molecule has 146 valence electrons. The Labute approximate surface area is 163 Å². The predicted molar refractivity (Wildman–Crippen MR) is 102 cm³/mol. The van der Waals surface area contributed by atoms with Crippen LogP contribution in [-0.2, 0) is 0 Å². The molecule has 0 bridgehead atoms. The second-order valence-electron chi connectivity index (χ2n) is 7.27. The highest BCUT2D eigenvalue weighted by Gasteiger charge is 2.34. The average molecular weight is 381 g/mol. The molecular weight excluding hydrogens is 358 g/mol. The molecule has 0 aliphatic carbocycles. The zero-order valence-corrected chi connectivity index (χ0v) is 16.2. The maximum absolute atomic E-state index is 13.0. The lowest BCUT2D eigenvalue weighted by molar-refractivity contribution is 0.0688. The molecule has 7 heteroatoms. The summed E-state index contributed by atoms with van der Waals surface area (Å²) in [7, 11) is 1.62. The van der Waals surface area contributed by atoms with Gasteiger partial charge in [0, 0.05) is 30.2 Å². The van der Waals surface area contributed by atoms with Crippen LogP contribution in [0.4, 0.5) is 0 Å². The highest BCUT2D eigenvalue weighted by molar-refractivity contribution is 5.93. The number of ether oxygens (including phenoxy) is 1. The van der Waals surface area contributed by atoms with Crippen LogP contribution in [0.3, 0.4) is 0 Å². The van der Waals surface area contributed by atoms with Gasteiger partial charge < -0.3 is 18.7 Å². The van der Waals surface area contributed by atoms with Gasteiger partial charge in [-0.25, -0.2) is 0 Å². The SMILES string of the molecule is COc1ccc(-c2cc(C(=O)N3CCC[C@H]3c3cc(C(C)C)on3)on2)cc1. The normalized spacial score (nSPS) is 16.7. The minimum atomic E-state index is -0.177. The molecule has 1 aliphatic heterocycles. The highest BCUT2D eigenvalue weighted by Crippen LogP contribution is 2.34. The Bertz CT molecular complexity index is 958. The molecule has 0 spiro atoms. The summed E-state index contributed by atoms with van der Waals surface area (Å²) in [5, 5.41) is 8.25. The minimum Gasteiger partial charge on any atom is -0.497 e. The first-order valence-corrected chi connectivity index (χ1v) is 9.45. The van der Waals surface area contributed by atoms with Crippen LogP contribution in [0.1, 0.15) is 60.7 Å². The highest BCUT2D eigenvalue weighted by atomic mass is 16.5. The molecular formula is C21H23N3O4. The van der Waals surface area contributed by atoms with Gasteiger partial charge in [-0.1, -0.05) is 24.2 Å². The third kappa shape index (κ3) is 3.40. The van der Waals surface area contributed by atoms with E-state index in [2.05, 4.69) is 24.2 Å². The van der Waals surface area contributed by atoms with E-state index in [0.29, 0.717) is 12.2 Å². The molecule has 3 aromatic rings. The van der Waals surface area contributed by atoms with Gasteiger partial charge >= 0.3 is 0 Å². The number of nitrogens with zero attached hydrogens (tertiary/aromatic N) is 3. The fourth-order valence-electron chi connectivity index (χ4n) is 3.47. The minimum absolute atomic E-state index is 0.0988. The number of hydrogen-bond donors (Lipinski definition) is 0. The van der Waals surface area contributed by atoms with Crippen LogP contribution in [0, 0.1) is 0 Å². The summed E-state index contributed by atoms with van der Waals surface area (Å²) < 4.78 is 15.9. The molecule has 1 saturated heterocycles. The van der Waals surface area contributed by atoms with Crippen molar-refractivity contribution in [1.82, 2.24) is 15.2 Å². The van der Waals surface area contributed by atoms with Gasteiger partial charge in [0.15, 0.2) is 0 Å². The Morgan fingerprint density at radius 2 is 1.96 bits per heavy atom. The van der Waals surface area contributed by atoms with Gasteiger partial charge in [0.25, 0.3) is 5.91 Å². The number of benzene rings is 1. The van der Waals surface area contributed by atoms with Crippen molar-refractivity contribution in [2.45, 2.75) is 38.6 Å². The maximum Gasteiger partial charge on any atom is 0.293 e. The van der Waals surface area contributed by atoms with Crippen LogP contribution in [0.2, 0.25) is 0 Å². The van der Waals surface area contributed by atoms with Crippen LogP contribution in [0.15, 0.2) is 45.4 Å². The van der Waals surface area contributed by atoms with E-state index in [1.807, 2.05) is 30.3 Å². The van der Waals surface area contributed by atoms with Crippen molar-refractivity contribution in [3.05, 3.63) is 53.6 Å². The first kappa shape index (κ1) is 18.3. The molecule has 0 saturated carbocycles. The monoisotopic (exact) mass is 381 g/mol. The van der Waals surface area contributed by atoms with Gasteiger partial charge in [0.2, 0.25) is 5.76 Å². The summed E-state index contributed by atoms with van der Waals surface area (Å²) in [6.07, 6.45) is 1.77. The molecule has 2 aromatic heterocycles. The van der Waals surface area contributed by atoms with E-state index in [-0.39, 0.29) is 23.6 Å². The van der Waals surface area contributed by atoms with Crippen LogP contribution < -0.4 is 4.74 Å². The van der Waals surface area contributed by atoms with E-state index in [0.717, 1.165) is 35.6 Å². The van der Waals surface area contributed by atoms with Crippen LogP contribution in [-0.4, -0.2) is 34.8 Å². The number of rotatable bonds is 5. The molecule has 1 aliphatic rings. The number of carbonyl (C=O) groups is 1. The van der Waals surface area contributed by atoms with Crippen molar-refractivity contribution in [2.24, 2.45) is 0 Å². The Balaban J connectivity index is 1.54. The summed E-state index contributed by atoms with van der Waals surface area (Å²) in [5.41, 5.74) is 2.27. The van der Waals surface area contributed by atoms with Crippen molar-refractivity contribution in [3.63, 3.8) is 0 Å². The summed E-state index contributed by atoms with van der Waals surface area (Å²) in [4.78, 5) is 14.8. The second kappa shape index (κ2) is 7.50. The average Bonchev–Trinajstić information content (AvgIpc) is 3.47. The fraction of sp³-hybridized carbons (Fsp3) is 0.381. The van der Waals surface area contributed by atoms with Gasteiger partial charge in [-0.2, -0.15) is 0 Å². The van der Waals surface area contributed by atoms with Crippen molar-refractivity contribution < 1.29 is 18.6 Å². The van der Waals surface area contributed by atoms with E-state index < -0.39 is 0 Å². The molecule has 28 heavy (non-hydrogen) atoms. The lowest BCUT2D eigenvalue weighted by Crippen LogP contribution is -2.30. The standard InChI is InChI=1S/C21H23N3O4/c1-13(2)19-12-17(23-27-19)18-5-4-10-24(18)21(25)20-11-16(22-28-20)14-6-8-15(26-3)9-7-14/h6-9,11-13,18H,4-5,10H2,1-3H3/t18-/m0/s1. The van der Waals surface area contributed by atoms with Crippen LogP contribution in [0.25, 0.3) is 11.3 Å². The number of methoxy groups -OCH3 is 1. The van der Waals surface area contributed by atoms with Gasteiger partial charge in [-0.15, -0.1) is 0 Å². The zero-order chi connectivity index (χ0) is 19.7. The molecule has 3 heterocycles. The quantitative estimate of drug-likeness (QED) is 0.650. The van der Waals surface area contributed by atoms with E-state index in [4.69, 9.17) is 13.8 Å². The van der Waals surface area contributed by atoms with Crippen LogP contribution in [0.5, 0.6) is 5.75 Å². The third-order valence-corrected chi connectivity index (χ3v) is 5.08. The number of likely N-dealkylation sites (tertiary alicyclic amines) is 1. The molecule has 0 radical (unpaired) electrons. The largest absolute Gasteiger partial charge is 0.497 e. The van der Waals surface area contributed by atoms with E-state index in [1.165, 1.54) is 0 Å². The van der Waals surface area contributed by atoms with Crippen molar-refractivity contribution >= 4 is 5.91 Å². The van der Waals surface area contributed by atoms with Gasteiger partial charge in [0.1, 0.15) is 22.9 Å². The molecule has 7 nitrogen and oxygen atoms in total. The number of carbonyl (C=O) groups excluding carboxylic acids is 1. The molecule has 4 rings (SSSR count). The number of amides is 1. The molecule has 1 amide bonds. The van der Waals surface area contributed by atoms with E-state index in [1.54, 1.807) is 18.1 Å². The first-order valence-electron chi connectivity index (χ1n) is 9.45. The zero-order valence-electron chi connectivity index (χ0n) is 16.2. The van der Waals surface area contributed by atoms with E-state index >= 15 is 0 Å². The van der Waals surface area contributed by atoms with Crippen molar-refractivity contribution in [2.75, 3.05) is 13.7 Å². The molecule has 1 fully saturated rings. The number of hydrogen-bond acceptors (Lipinski definition) is 6. The fourth-order valence-corrected chi connectivity index (χ4v) is 3.47. The molecule has 1 atom stereocenters. The smallest absolute Gasteiger partial charge is 0.293 e. The predicted octanol–water partition coefficient (Wildman–Crippen LogP) is 4.44. The Hall–Kier alpha value is -3.09. The van der Waals surface area contributed by atoms with Gasteiger partial charge in [0.05, 0.1) is 13.2 Å². The maximum atomic E-state index is 13.0. The Morgan fingerprint density at radius 3 is 2.64 bits per heavy atom. The summed E-state index contributed by atoms with van der Waals surface area (Å²) in [6.45, 7) is 4.76. The Morgan fingerprint density at radius 1 is 1.18 bits per heavy atom. The second-order valence-corrected chi connectivity index (χ2v) is 7.27. The van der Waals surface area contributed by atoms with Crippen molar-refractivity contribution in [1.29, 1.82) is 0 Å². The summed E-state index contributed by atoms with van der Waals surface area (Å²) >= 11 is 0.